The van der Waals surface area contributed by atoms with Crippen molar-refractivity contribution in [3.05, 3.63) is 60.2 Å². The van der Waals surface area contributed by atoms with Crippen molar-refractivity contribution in [2.45, 2.75) is 26.9 Å². The van der Waals surface area contributed by atoms with Gasteiger partial charge < -0.3 is 9.88 Å². The number of rotatable bonds is 5. The fraction of sp³-hybridized carbons (Fsp3) is 0.278. The molecule has 0 aliphatic rings. The Morgan fingerprint density at radius 3 is 2.65 bits per heavy atom. The van der Waals surface area contributed by atoms with E-state index in [1.807, 2.05) is 18.2 Å². The summed E-state index contributed by atoms with van der Waals surface area (Å²) in [6, 6.07) is 11.5. The van der Waals surface area contributed by atoms with Gasteiger partial charge in [0.15, 0.2) is 0 Å². The summed E-state index contributed by atoms with van der Waals surface area (Å²) in [4.78, 5) is 20.8. The number of hydrogen-bond acceptors (Lipinski definition) is 3. The molecular formula is C18H20N4O. The molecule has 3 rings (SSSR count). The molecule has 0 aliphatic heterocycles. The standard InChI is InChI=1S/C18H20N4O/c1-13(2)12-22-16-6-4-3-5-15(16)21-17(22)11-20-18(23)14-7-9-19-10-8-14/h3-10,13H,11-12H2,1-2H3,(H,20,23). The molecule has 0 radical (unpaired) electrons. The topological polar surface area (TPSA) is 59.8 Å². The van der Waals surface area contributed by atoms with E-state index in [1.54, 1.807) is 24.5 Å². The lowest BCUT2D eigenvalue weighted by molar-refractivity contribution is 0.0949. The minimum Gasteiger partial charge on any atom is -0.345 e. The first-order valence-electron chi connectivity index (χ1n) is 7.77. The van der Waals surface area contributed by atoms with E-state index in [2.05, 4.69) is 39.8 Å². The van der Waals surface area contributed by atoms with Gasteiger partial charge in [0.25, 0.3) is 5.91 Å². The van der Waals surface area contributed by atoms with Crippen LogP contribution in [0.4, 0.5) is 0 Å². The molecule has 1 amide bonds. The number of carbonyl (C=O) groups excluding carboxylic acids is 1. The minimum atomic E-state index is -0.115. The normalized spacial score (nSPS) is 11.1. The van der Waals surface area contributed by atoms with E-state index in [4.69, 9.17) is 0 Å². The summed E-state index contributed by atoms with van der Waals surface area (Å²) in [5, 5.41) is 2.94. The van der Waals surface area contributed by atoms with Crippen molar-refractivity contribution in [1.29, 1.82) is 0 Å². The third kappa shape index (κ3) is 3.39. The molecule has 5 heteroatoms. The summed E-state index contributed by atoms with van der Waals surface area (Å²) in [5.74, 6) is 1.26. The van der Waals surface area contributed by atoms with Crippen LogP contribution in [-0.4, -0.2) is 20.4 Å². The molecule has 118 valence electrons. The Labute approximate surface area is 135 Å². The first-order valence-corrected chi connectivity index (χ1v) is 7.77. The van der Waals surface area contributed by atoms with Gasteiger partial charge in [0, 0.05) is 24.5 Å². The lowest BCUT2D eigenvalue weighted by atomic mass is 10.2. The van der Waals surface area contributed by atoms with Gasteiger partial charge in [0.2, 0.25) is 0 Å². The fourth-order valence-corrected chi connectivity index (χ4v) is 2.59. The van der Waals surface area contributed by atoms with Gasteiger partial charge >= 0.3 is 0 Å². The lowest BCUT2D eigenvalue weighted by Crippen LogP contribution is -2.25. The van der Waals surface area contributed by atoms with Gasteiger partial charge in [-0.05, 0) is 30.2 Å². The monoisotopic (exact) mass is 308 g/mol. The van der Waals surface area contributed by atoms with Crippen LogP contribution in [0.1, 0.15) is 30.0 Å². The molecule has 2 aromatic heterocycles. The van der Waals surface area contributed by atoms with Crippen LogP contribution >= 0.6 is 0 Å². The number of nitrogens with one attached hydrogen (secondary N) is 1. The number of para-hydroxylation sites is 2. The average molecular weight is 308 g/mol. The van der Waals surface area contributed by atoms with Crippen LogP contribution in [0.25, 0.3) is 11.0 Å². The van der Waals surface area contributed by atoms with E-state index in [0.29, 0.717) is 18.0 Å². The second kappa shape index (κ2) is 6.60. The number of amides is 1. The van der Waals surface area contributed by atoms with Crippen molar-refractivity contribution in [3.63, 3.8) is 0 Å². The van der Waals surface area contributed by atoms with Gasteiger partial charge in [0.05, 0.1) is 17.6 Å². The third-order valence-corrected chi connectivity index (χ3v) is 3.63. The zero-order valence-corrected chi connectivity index (χ0v) is 13.4. The van der Waals surface area contributed by atoms with Crippen LogP contribution in [0.5, 0.6) is 0 Å². The highest BCUT2D eigenvalue weighted by Gasteiger charge is 2.13. The third-order valence-electron chi connectivity index (χ3n) is 3.63. The Balaban J connectivity index is 1.83. The smallest absolute Gasteiger partial charge is 0.251 e. The summed E-state index contributed by atoms with van der Waals surface area (Å²) in [6.07, 6.45) is 3.23. The first kappa shape index (κ1) is 15.2. The highest BCUT2D eigenvalue weighted by atomic mass is 16.1. The molecule has 0 aliphatic carbocycles. The van der Waals surface area contributed by atoms with Crippen molar-refractivity contribution in [1.82, 2.24) is 19.9 Å². The number of carbonyl (C=O) groups is 1. The summed E-state index contributed by atoms with van der Waals surface area (Å²) in [6.45, 7) is 5.63. The van der Waals surface area contributed by atoms with Crippen LogP contribution in [0.3, 0.4) is 0 Å². The SMILES string of the molecule is CC(C)Cn1c(CNC(=O)c2ccncc2)nc2ccccc21. The summed E-state index contributed by atoms with van der Waals surface area (Å²) in [7, 11) is 0. The van der Waals surface area contributed by atoms with Crippen LogP contribution in [-0.2, 0) is 13.1 Å². The number of nitrogens with zero attached hydrogens (tertiary/aromatic N) is 3. The van der Waals surface area contributed by atoms with Crippen molar-refractivity contribution in [2.75, 3.05) is 0 Å². The van der Waals surface area contributed by atoms with Crippen molar-refractivity contribution in [3.8, 4) is 0 Å². The lowest BCUT2D eigenvalue weighted by Gasteiger charge is -2.12. The van der Waals surface area contributed by atoms with Crippen molar-refractivity contribution < 1.29 is 4.79 Å². The Morgan fingerprint density at radius 2 is 1.91 bits per heavy atom. The summed E-state index contributed by atoms with van der Waals surface area (Å²) in [5.41, 5.74) is 2.67. The first-order chi connectivity index (χ1) is 11.1. The van der Waals surface area contributed by atoms with Gasteiger partial charge in [-0.2, -0.15) is 0 Å². The van der Waals surface area contributed by atoms with E-state index in [9.17, 15) is 4.79 Å². The van der Waals surface area contributed by atoms with Crippen LogP contribution in [0.15, 0.2) is 48.8 Å². The molecule has 1 aromatic carbocycles. The summed E-state index contributed by atoms with van der Waals surface area (Å²) >= 11 is 0. The number of fused-ring (bicyclic) bond motifs is 1. The highest BCUT2D eigenvalue weighted by Crippen LogP contribution is 2.17. The molecule has 0 saturated carbocycles. The van der Waals surface area contributed by atoms with Crippen molar-refractivity contribution in [2.24, 2.45) is 5.92 Å². The molecule has 1 N–H and O–H groups in total. The number of imidazole rings is 1. The van der Waals surface area contributed by atoms with Crippen molar-refractivity contribution >= 4 is 16.9 Å². The maximum atomic E-state index is 12.2. The van der Waals surface area contributed by atoms with E-state index in [-0.39, 0.29) is 5.91 Å². The van der Waals surface area contributed by atoms with E-state index in [0.717, 1.165) is 23.4 Å². The predicted molar refractivity (Wildman–Crippen MR) is 90.0 cm³/mol. The molecule has 0 fully saturated rings. The second-order valence-electron chi connectivity index (χ2n) is 5.94. The number of aromatic nitrogens is 3. The second-order valence-corrected chi connectivity index (χ2v) is 5.94. The maximum Gasteiger partial charge on any atom is 0.251 e. The highest BCUT2D eigenvalue weighted by molar-refractivity contribution is 5.93. The molecule has 0 spiro atoms. The Bertz CT molecular complexity index is 808. The largest absolute Gasteiger partial charge is 0.345 e. The number of hydrogen-bond donors (Lipinski definition) is 1. The Kier molecular flexibility index (Phi) is 4.37. The zero-order chi connectivity index (χ0) is 16.2. The number of pyridine rings is 1. The van der Waals surface area contributed by atoms with Crippen LogP contribution in [0, 0.1) is 5.92 Å². The van der Waals surface area contributed by atoms with Crippen LogP contribution < -0.4 is 5.32 Å². The summed E-state index contributed by atoms with van der Waals surface area (Å²) < 4.78 is 2.19. The van der Waals surface area contributed by atoms with Gasteiger partial charge in [-0.3, -0.25) is 9.78 Å². The molecule has 0 atom stereocenters. The predicted octanol–water partition coefficient (Wildman–Crippen LogP) is 3.02. The maximum absolute atomic E-state index is 12.2. The van der Waals surface area contributed by atoms with Gasteiger partial charge in [0.1, 0.15) is 5.82 Å². The number of benzene rings is 1. The molecule has 2 heterocycles. The van der Waals surface area contributed by atoms with Gasteiger partial charge in [-0.15, -0.1) is 0 Å². The van der Waals surface area contributed by atoms with E-state index in [1.165, 1.54) is 0 Å². The Morgan fingerprint density at radius 1 is 1.17 bits per heavy atom. The van der Waals surface area contributed by atoms with Gasteiger partial charge in [-0.1, -0.05) is 26.0 Å². The molecule has 0 bridgehead atoms. The van der Waals surface area contributed by atoms with E-state index < -0.39 is 0 Å². The minimum absolute atomic E-state index is 0.115. The average Bonchev–Trinajstić information content (AvgIpc) is 2.91. The fourth-order valence-electron chi connectivity index (χ4n) is 2.59. The molecule has 0 unspecified atom stereocenters. The molecule has 23 heavy (non-hydrogen) atoms. The molecule has 3 aromatic rings. The zero-order valence-electron chi connectivity index (χ0n) is 13.4. The Hall–Kier alpha value is -2.69. The van der Waals surface area contributed by atoms with Gasteiger partial charge in [-0.25, -0.2) is 4.98 Å². The molecule has 0 saturated heterocycles. The van der Waals surface area contributed by atoms with E-state index >= 15 is 0 Å². The molecule has 5 nitrogen and oxygen atoms in total. The molecular weight excluding hydrogens is 288 g/mol. The quantitative estimate of drug-likeness (QED) is 0.788. The van der Waals surface area contributed by atoms with Crippen LogP contribution in [0.2, 0.25) is 0 Å².